The number of thiazole rings is 1. The van der Waals surface area contributed by atoms with Crippen LogP contribution in [0, 0.1) is 0 Å². The van der Waals surface area contributed by atoms with Gasteiger partial charge in [0.2, 0.25) is 5.16 Å². The van der Waals surface area contributed by atoms with Gasteiger partial charge in [0.15, 0.2) is 10.8 Å². The largest absolute Gasteiger partial charge is 0.497 e. The molecule has 0 unspecified atom stereocenters. The van der Waals surface area contributed by atoms with Crippen molar-refractivity contribution in [3.63, 3.8) is 0 Å². The van der Waals surface area contributed by atoms with Gasteiger partial charge < -0.3 is 10.6 Å². The minimum Gasteiger partial charge on any atom is -0.497 e. The molecule has 0 amide bonds. The maximum Gasteiger partial charge on any atom is 0.258 e. The van der Waals surface area contributed by atoms with E-state index in [0.29, 0.717) is 27.4 Å². The number of fused-ring (bicyclic) bond motifs is 1. The predicted molar refractivity (Wildman–Crippen MR) is 101 cm³/mol. The molecule has 26 heavy (non-hydrogen) atoms. The molecule has 3 heterocycles. The minimum atomic E-state index is -0.0972. The summed E-state index contributed by atoms with van der Waals surface area (Å²) in [4.78, 5) is 17.2. The van der Waals surface area contributed by atoms with Crippen LogP contribution in [0.3, 0.4) is 0 Å². The summed E-state index contributed by atoms with van der Waals surface area (Å²) in [6.45, 7) is 0. The topological polar surface area (TPSA) is 100 Å². The standard InChI is InChI=1S/C16H14N6O2S2/c1-24-12-4-2-10(3-5-12)14-19-20-16(22(14)17)26-9-11-8-13(23)21-6-7-25-15(21)18-11/h2-8H,9,17H2,1H3. The lowest BCUT2D eigenvalue weighted by atomic mass is 10.2. The molecule has 4 aromatic rings. The summed E-state index contributed by atoms with van der Waals surface area (Å²) in [5.74, 6) is 7.91. The Kier molecular flexibility index (Phi) is 4.35. The molecule has 10 heteroatoms. The summed E-state index contributed by atoms with van der Waals surface area (Å²) >= 11 is 2.80. The zero-order valence-corrected chi connectivity index (χ0v) is 15.3. The van der Waals surface area contributed by atoms with Crippen molar-refractivity contribution in [3.05, 3.63) is 58.0 Å². The normalized spacial score (nSPS) is 11.1. The summed E-state index contributed by atoms with van der Waals surface area (Å²) in [5, 5.41) is 10.7. The molecule has 0 aliphatic rings. The smallest absolute Gasteiger partial charge is 0.258 e. The molecule has 1 aromatic carbocycles. The lowest BCUT2D eigenvalue weighted by Gasteiger charge is -2.05. The zero-order chi connectivity index (χ0) is 18.1. The first kappa shape index (κ1) is 16.6. The van der Waals surface area contributed by atoms with Crippen LogP contribution >= 0.6 is 23.1 Å². The fourth-order valence-electron chi connectivity index (χ4n) is 2.41. The molecule has 2 N–H and O–H groups in total. The molecule has 0 fully saturated rings. The Morgan fingerprint density at radius 3 is 2.85 bits per heavy atom. The molecule has 0 atom stereocenters. The second-order valence-corrected chi connectivity index (χ2v) is 7.15. The average molecular weight is 386 g/mol. The number of thioether (sulfide) groups is 1. The molecular weight excluding hydrogens is 372 g/mol. The van der Waals surface area contributed by atoms with E-state index < -0.39 is 0 Å². The maximum absolute atomic E-state index is 12.0. The van der Waals surface area contributed by atoms with Crippen molar-refractivity contribution in [2.24, 2.45) is 0 Å². The van der Waals surface area contributed by atoms with Gasteiger partial charge in [-0.3, -0.25) is 9.20 Å². The summed E-state index contributed by atoms with van der Waals surface area (Å²) < 4.78 is 8.10. The van der Waals surface area contributed by atoms with Crippen molar-refractivity contribution in [2.45, 2.75) is 10.9 Å². The summed E-state index contributed by atoms with van der Waals surface area (Å²) in [7, 11) is 1.61. The second kappa shape index (κ2) is 6.81. The Bertz CT molecular complexity index is 1120. The van der Waals surface area contributed by atoms with Crippen molar-refractivity contribution in [1.29, 1.82) is 0 Å². The molecule has 0 bridgehead atoms. The first-order valence-corrected chi connectivity index (χ1v) is 9.46. The monoisotopic (exact) mass is 386 g/mol. The quantitative estimate of drug-likeness (QED) is 0.414. The van der Waals surface area contributed by atoms with Crippen LogP contribution in [0.15, 0.2) is 51.9 Å². The van der Waals surface area contributed by atoms with Crippen molar-refractivity contribution in [1.82, 2.24) is 24.3 Å². The minimum absolute atomic E-state index is 0.0972. The van der Waals surface area contributed by atoms with Crippen LogP contribution < -0.4 is 16.1 Å². The van der Waals surface area contributed by atoms with Gasteiger partial charge in [-0.05, 0) is 24.3 Å². The van der Waals surface area contributed by atoms with Crippen LogP contribution in [0.5, 0.6) is 5.75 Å². The highest BCUT2D eigenvalue weighted by molar-refractivity contribution is 7.98. The van der Waals surface area contributed by atoms with Crippen molar-refractivity contribution in [2.75, 3.05) is 13.0 Å². The molecule has 132 valence electrons. The number of rotatable bonds is 5. The highest BCUT2D eigenvalue weighted by Crippen LogP contribution is 2.25. The number of nitrogen functional groups attached to an aromatic ring is 1. The molecule has 0 spiro atoms. The first-order chi connectivity index (χ1) is 12.7. The van der Waals surface area contributed by atoms with E-state index in [1.807, 2.05) is 29.6 Å². The van der Waals surface area contributed by atoms with E-state index in [9.17, 15) is 4.79 Å². The van der Waals surface area contributed by atoms with Crippen molar-refractivity contribution in [3.8, 4) is 17.1 Å². The molecule has 8 nitrogen and oxygen atoms in total. The highest BCUT2D eigenvalue weighted by Gasteiger charge is 2.13. The van der Waals surface area contributed by atoms with Gasteiger partial charge in [-0.25, -0.2) is 9.66 Å². The Hall–Kier alpha value is -2.85. The van der Waals surface area contributed by atoms with Crippen LogP contribution in [-0.2, 0) is 5.75 Å². The summed E-state index contributed by atoms with van der Waals surface area (Å²) in [6, 6.07) is 8.94. The Morgan fingerprint density at radius 2 is 2.08 bits per heavy atom. The number of hydrogen-bond donors (Lipinski definition) is 1. The van der Waals surface area contributed by atoms with Crippen LogP contribution in [0.4, 0.5) is 0 Å². The summed E-state index contributed by atoms with van der Waals surface area (Å²) in [6.07, 6.45) is 1.71. The van der Waals surface area contributed by atoms with Crippen molar-refractivity contribution < 1.29 is 4.74 Å². The van der Waals surface area contributed by atoms with E-state index in [1.54, 1.807) is 13.3 Å². The van der Waals surface area contributed by atoms with Gasteiger partial charge >= 0.3 is 0 Å². The average Bonchev–Trinajstić information content (AvgIpc) is 3.27. The van der Waals surface area contributed by atoms with Crippen LogP contribution in [0.25, 0.3) is 16.3 Å². The Morgan fingerprint density at radius 1 is 1.27 bits per heavy atom. The number of ether oxygens (including phenoxy) is 1. The summed E-state index contributed by atoms with van der Waals surface area (Å²) in [5.41, 5.74) is 1.42. The molecule has 0 aliphatic carbocycles. The molecule has 0 aliphatic heterocycles. The molecule has 3 aromatic heterocycles. The Balaban J connectivity index is 1.55. The van der Waals surface area contributed by atoms with Gasteiger partial charge in [-0.15, -0.1) is 21.5 Å². The van der Waals surface area contributed by atoms with Gasteiger partial charge in [-0.2, -0.15) is 0 Å². The number of aromatic nitrogens is 5. The van der Waals surface area contributed by atoms with Gasteiger partial charge in [0.25, 0.3) is 5.56 Å². The van der Waals surface area contributed by atoms with Gasteiger partial charge in [-0.1, -0.05) is 11.8 Å². The lowest BCUT2D eigenvalue weighted by molar-refractivity contribution is 0.415. The van der Waals surface area contributed by atoms with E-state index in [-0.39, 0.29) is 5.56 Å². The van der Waals surface area contributed by atoms with Crippen LogP contribution in [0.1, 0.15) is 5.69 Å². The van der Waals surface area contributed by atoms with E-state index in [4.69, 9.17) is 10.6 Å². The van der Waals surface area contributed by atoms with E-state index in [2.05, 4.69) is 15.2 Å². The van der Waals surface area contributed by atoms with Gasteiger partial charge in [0.05, 0.1) is 12.8 Å². The van der Waals surface area contributed by atoms with Crippen LogP contribution in [0.2, 0.25) is 0 Å². The number of benzene rings is 1. The third-order valence-corrected chi connectivity index (χ3v) is 5.45. The highest BCUT2D eigenvalue weighted by atomic mass is 32.2. The molecular formula is C16H14N6O2S2. The Labute approximate surface area is 156 Å². The molecule has 0 saturated carbocycles. The van der Waals surface area contributed by atoms with Gasteiger partial charge in [0.1, 0.15) is 5.75 Å². The number of nitrogens with zero attached hydrogens (tertiary/aromatic N) is 5. The van der Waals surface area contributed by atoms with E-state index in [1.165, 1.54) is 38.2 Å². The number of hydrogen-bond acceptors (Lipinski definition) is 8. The molecule has 0 saturated heterocycles. The van der Waals surface area contributed by atoms with Crippen LogP contribution in [-0.4, -0.2) is 31.4 Å². The van der Waals surface area contributed by atoms with E-state index in [0.717, 1.165) is 11.3 Å². The third-order valence-electron chi connectivity index (χ3n) is 3.72. The zero-order valence-electron chi connectivity index (χ0n) is 13.7. The fraction of sp³-hybridized carbons (Fsp3) is 0.125. The second-order valence-electron chi connectivity index (χ2n) is 5.33. The SMILES string of the molecule is COc1ccc(-c2nnc(SCc3cc(=O)n4ccsc4n3)n2N)cc1. The van der Waals surface area contributed by atoms with E-state index >= 15 is 0 Å². The number of nitrogens with two attached hydrogens (primary N) is 1. The maximum atomic E-state index is 12.0. The van der Waals surface area contributed by atoms with Gasteiger partial charge in [0, 0.05) is 29.0 Å². The van der Waals surface area contributed by atoms with Crippen molar-refractivity contribution >= 4 is 28.1 Å². The molecule has 4 rings (SSSR count). The number of methoxy groups -OCH3 is 1. The molecule has 0 radical (unpaired) electrons. The third kappa shape index (κ3) is 3.04. The first-order valence-electron chi connectivity index (χ1n) is 7.59. The fourth-order valence-corrected chi connectivity index (χ4v) is 3.90. The predicted octanol–water partition coefficient (Wildman–Crippen LogP) is 2.03. The lowest BCUT2D eigenvalue weighted by Crippen LogP contribution is -2.13.